The lowest BCUT2D eigenvalue weighted by atomic mass is 10.1. The van der Waals surface area contributed by atoms with Crippen molar-refractivity contribution >= 4 is 38.9 Å². The Morgan fingerprint density at radius 1 is 1.30 bits per heavy atom. The van der Waals surface area contributed by atoms with Crippen molar-refractivity contribution in [2.24, 2.45) is 0 Å². The van der Waals surface area contributed by atoms with Gasteiger partial charge in [-0.1, -0.05) is 0 Å². The Bertz CT molecular complexity index is 580. The summed E-state index contributed by atoms with van der Waals surface area (Å²) >= 11 is 5.26. The molecule has 1 amide bonds. The van der Waals surface area contributed by atoms with Crippen LogP contribution in [0.15, 0.2) is 40.2 Å². The van der Waals surface area contributed by atoms with E-state index in [4.69, 9.17) is 0 Å². The Morgan fingerprint density at radius 2 is 2.00 bits per heavy atom. The van der Waals surface area contributed by atoms with Gasteiger partial charge in [0.25, 0.3) is 5.91 Å². The highest BCUT2D eigenvalue weighted by Gasteiger charge is 2.11. The van der Waals surface area contributed by atoms with Crippen molar-refractivity contribution in [3.8, 4) is 0 Å². The molecule has 0 aliphatic heterocycles. The number of thiophene rings is 1. The zero-order chi connectivity index (χ0) is 14.5. The summed E-state index contributed by atoms with van der Waals surface area (Å²) < 4.78 is 1.13. The van der Waals surface area contributed by atoms with Crippen LogP contribution >= 0.6 is 27.3 Å². The lowest BCUT2D eigenvalue weighted by molar-refractivity contribution is 0.0956. The minimum atomic E-state index is -0.0342. The molecule has 0 aliphatic rings. The number of anilines is 1. The summed E-state index contributed by atoms with van der Waals surface area (Å²) in [5.74, 6) is -0.0342. The van der Waals surface area contributed by atoms with Gasteiger partial charge in [-0.25, -0.2) is 0 Å². The summed E-state index contributed by atoms with van der Waals surface area (Å²) in [5, 5.41) is 8.29. The smallest absolute Gasteiger partial charge is 0.251 e. The minimum absolute atomic E-state index is 0.0342. The first-order valence-electron chi connectivity index (χ1n) is 6.49. The molecule has 0 bridgehead atoms. The predicted octanol–water partition coefficient (Wildman–Crippen LogP) is 4.43. The summed E-state index contributed by atoms with van der Waals surface area (Å²) in [6.45, 7) is 4.67. The maximum absolute atomic E-state index is 11.7. The normalized spacial score (nSPS) is 11.9. The molecule has 1 aromatic heterocycles. The standard InChI is InChI=1S/C15H17BrN2OS/c1-3-17-15(19)11-4-6-12(7-5-11)18-10(2)14-13(16)8-9-20-14/h4-10,18H,3H2,1-2H3,(H,17,19). The van der Waals surface area contributed by atoms with Crippen molar-refractivity contribution in [1.29, 1.82) is 0 Å². The van der Waals surface area contributed by atoms with Gasteiger partial charge in [-0.2, -0.15) is 0 Å². The van der Waals surface area contributed by atoms with E-state index in [0.717, 1.165) is 10.2 Å². The lowest BCUT2D eigenvalue weighted by Gasteiger charge is -2.15. The Kier molecular flexibility index (Phi) is 5.20. The van der Waals surface area contributed by atoms with E-state index in [1.165, 1.54) is 4.88 Å². The molecular formula is C15H17BrN2OS. The Hall–Kier alpha value is -1.33. The number of hydrogen-bond donors (Lipinski definition) is 2. The van der Waals surface area contributed by atoms with Crippen LogP contribution in [-0.2, 0) is 0 Å². The third-order valence-electron chi connectivity index (χ3n) is 2.91. The molecule has 20 heavy (non-hydrogen) atoms. The number of amides is 1. The zero-order valence-corrected chi connectivity index (χ0v) is 13.8. The molecule has 1 atom stereocenters. The maximum atomic E-state index is 11.7. The molecule has 1 aromatic carbocycles. The van der Waals surface area contributed by atoms with E-state index in [1.807, 2.05) is 31.2 Å². The van der Waals surface area contributed by atoms with Gasteiger partial charge in [0, 0.05) is 27.1 Å². The first-order chi connectivity index (χ1) is 9.61. The van der Waals surface area contributed by atoms with Crippen LogP contribution in [0.25, 0.3) is 0 Å². The topological polar surface area (TPSA) is 41.1 Å². The highest BCUT2D eigenvalue weighted by molar-refractivity contribution is 9.10. The van der Waals surface area contributed by atoms with Gasteiger partial charge >= 0.3 is 0 Å². The van der Waals surface area contributed by atoms with Gasteiger partial charge < -0.3 is 10.6 Å². The van der Waals surface area contributed by atoms with Gasteiger partial charge in [0.05, 0.1) is 6.04 Å². The van der Waals surface area contributed by atoms with E-state index < -0.39 is 0 Å². The van der Waals surface area contributed by atoms with Gasteiger partial charge in [-0.05, 0) is 65.5 Å². The molecule has 1 heterocycles. The van der Waals surface area contributed by atoms with Crippen molar-refractivity contribution < 1.29 is 4.79 Å². The summed E-state index contributed by atoms with van der Waals surface area (Å²) in [5.41, 5.74) is 1.69. The van der Waals surface area contributed by atoms with Crippen LogP contribution in [0.2, 0.25) is 0 Å². The highest BCUT2D eigenvalue weighted by Crippen LogP contribution is 2.30. The minimum Gasteiger partial charge on any atom is -0.378 e. The molecule has 3 nitrogen and oxygen atoms in total. The average Bonchev–Trinajstić information content (AvgIpc) is 2.86. The third kappa shape index (κ3) is 3.61. The molecule has 5 heteroatoms. The Labute approximate surface area is 131 Å². The van der Waals surface area contributed by atoms with E-state index in [2.05, 4.69) is 44.9 Å². The van der Waals surface area contributed by atoms with Crippen molar-refractivity contribution in [3.63, 3.8) is 0 Å². The highest BCUT2D eigenvalue weighted by atomic mass is 79.9. The largest absolute Gasteiger partial charge is 0.378 e. The summed E-state index contributed by atoms with van der Waals surface area (Å²) in [4.78, 5) is 12.9. The molecule has 106 valence electrons. The molecule has 2 N–H and O–H groups in total. The molecule has 2 aromatic rings. The van der Waals surface area contributed by atoms with Gasteiger partial charge in [0.15, 0.2) is 0 Å². The second-order valence-electron chi connectivity index (χ2n) is 4.44. The van der Waals surface area contributed by atoms with Crippen LogP contribution in [-0.4, -0.2) is 12.5 Å². The number of carbonyl (C=O) groups is 1. The van der Waals surface area contributed by atoms with Gasteiger partial charge in [-0.15, -0.1) is 11.3 Å². The fraction of sp³-hybridized carbons (Fsp3) is 0.267. The number of nitrogens with one attached hydrogen (secondary N) is 2. The van der Waals surface area contributed by atoms with E-state index in [9.17, 15) is 4.79 Å². The van der Waals surface area contributed by atoms with Crippen molar-refractivity contribution in [2.45, 2.75) is 19.9 Å². The van der Waals surface area contributed by atoms with E-state index >= 15 is 0 Å². The summed E-state index contributed by atoms with van der Waals surface area (Å²) in [6, 6.07) is 9.81. The van der Waals surface area contributed by atoms with E-state index in [1.54, 1.807) is 11.3 Å². The second-order valence-corrected chi connectivity index (χ2v) is 6.24. The maximum Gasteiger partial charge on any atom is 0.251 e. The molecule has 0 radical (unpaired) electrons. The second kappa shape index (κ2) is 6.90. The van der Waals surface area contributed by atoms with Crippen LogP contribution < -0.4 is 10.6 Å². The molecule has 0 fully saturated rings. The average molecular weight is 353 g/mol. The molecule has 0 spiro atoms. The van der Waals surface area contributed by atoms with Crippen LogP contribution in [0, 0.1) is 0 Å². The SMILES string of the molecule is CCNC(=O)c1ccc(NC(C)c2sccc2Br)cc1. The van der Waals surface area contributed by atoms with E-state index in [-0.39, 0.29) is 11.9 Å². The molecule has 0 saturated heterocycles. The summed E-state index contributed by atoms with van der Waals surface area (Å²) in [6.07, 6.45) is 0. The first-order valence-corrected chi connectivity index (χ1v) is 8.16. The number of hydrogen-bond acceptors (Lipinski definition) is 3. The van der Waals surface area contributed by atoms with Crippen molar-refractivity contribution in [1.82, 2.24) is 5.32 Å². The fourth-order valence-corrected chi connectivity index (χ4v) is 3.64. The number of rotatable bonds is 5. The summed E-state index contributed by atoms with van der Waals surface area (Å²) in [7, 11) is 0. The Balaban J connectivity index is 2.04. The van der Waals surface area contributed by atoms with Crippen molar-refractivity contribution in [2.75, 3.05) is 11.9 Å². The van der Waals surface area contributed by atoms with Crippen LogP contribution in [0.5, 0.6) is 0 Å². The molecular weight excluding hydrogens is 336 g/mol. The van der Waals surface area contributed by atoms with Crippen LogP contribution in [0.4, 0.5) is 5.69 Å². The zero-order valence-electron chi connectivity index (χ0n) is 11.4. The number of benzene rings is 1. The van der Waals surface area contributed by atoms with Crippen LogP contribution in [0.3, 0.4) is 0 Å². The van der Waals surface area contributed by atoms with Gasteiger partial charge in [0.2, 0.25) is 0 Å². The molecule has 0 saturated carbocycles. The number of carbonyl (C=O) groups excluding carboxylic acids is 1. The van der Waals surface area contributed by atoms with Gasteiger partial charge in [-0.3, -0.25) is 4.79 Å². The monoisotopic (exact) mass is 352 g/mol. The van der Waals surface area contributed by atoms with Crippen molar-refractivity contribution in [3.05, 3.63) is 50.6 Å². The predicted molar refractivity (Wildman–Crippen MR) is 88.5 cm³/mol. The molecule has 1 unspecified atom stereocenters. The third-order valence-corrected chi connectivity index (χ3v) is 4.96. The van der Waals surface area contributed by atoms with Gasteiger partial charge in [0.1, 0.15) is 0 Å². The Morgan fingerprint density at radius 3 is 2.55 bits per heavy atom. The fourth-order valence-electron chi connectivity index (χ4n) is 1.91. The first kappa shape index (κ1) is 15.1. The number of halogens is 1. The van der Waals surface area contributed by atoms with Crippen LogP contribution in [0.1, 0.15) is 35.1 Å². The molecule has 0 aliphatic carbocycles. The molecule has 2 rings (SSSR count). The lowest BCUT2D eigenvalue weighted by Crippen LogP contribution is -2.22. The van der Waals surface area contributed by atoms with E-state index in [0.29, 0.717) is 12.1 Å². The quantitative estimate of drug-likeness (QED) is 0.835.